The first-order chi connectivity index (χ1) is 16.0. The van der Waals surface area contributed by atoms with E-state index < -0.39 is 23.6 Å². The van der Waals surface area contributed by atoms with Crippen LogP contribution in [0.15, 0.2) is 30.7 Å². The van der Waals surface area contributed by atoms with Crippen LogP contribution in [0.2, 0.25) is 0 Å². The number of β-amino-alcohol motifs (C(OH)–C–C–N with tert-alkyl or cyclic N) is 1. The normalized spacial score (nSPS) is 22.0. The average molecular weight is 469 g/mol. The van der Waals surface area contributed by atoms with Gasteiger partial charge in [0.1, 0.15) is 12.1 Å². The van der Waals surface area contributed by atoms with Gasteiger partial charge in [0.2, 0.25) is 11.8 Å². The van der Waals surface area contributed by atoms with E-state index in [0.717, 1.165) is 24.1 Å². The number of nitrogens with one attached hydrogen (secondary N) is 1. The van der Waals surface area contributed by atoms with Crippen LogP contribution in [0.5, 0.6) is 0 Å². The Balaban J connectivity index is 1.50. The molecule has 1 aliphatic carbocycles. The summed E-state index contributed by atoms with van der Waals surface area (Å²) < 4.78 is 1.64. The minimum Gasteiger partial charge on any atom is -0.391 e. The first-order valence-electron chi connectivity index (χ1n) is 12.1. The van der Waals surface area contributed by atoms with Crippen LogP contribution in [0.1, 0.15) is 77.1 Å². The van der Waals surface area contributed by atoms with E-state index in [4.69, 9.17) is 0 Å². The van der Waals surface area contributed by atoms with E-state index in [0.29, 0.717) is 12.5 Å². The van der Waals surface area contributed by atoms with Crippen molar-refractivity contribution in [1.29, 1.82) is 0 Å². The largest absolute Gasteiger partial charge is 0.391 e. The number of carbonyl (C=O) groups excluding carboxylic acids is 2. The van der Waals surface area contributed by atoms with Crippen LogP contribution < -0.4 is 5.32 Å². The number of nitrogens with zero attached hydrogens (tertiary/aromatic N) is 5. The molecule has 9 heteroatoms. The van der Waals surface area contributed by atoms with E-state index in [1.165, 1.54) is 4.90 Å². The highest BCUT2D eigenvalue weighted by Gasteiger charge is 2.45. The quantitative estimate of drug-likeness (QED) is 0.644. The summed E-state index contributed by atoms with van der Waals surface area (Å²) in [6.07, 6.45) is 7.01. The molecule has 0 spiro atoms. The molecule has 2 fully saturated rings. The molecule has 3 atom stereocenters. The summed E-state index contributed by atoms with van der Waals surface area (Å²) in [5.41, 5.74) is 1.21. The highest BCUT2D eigenvalue weighted by molar-refractivity contribution is 5.90. The summed E-state index contributed by atoms with van der Waals surface area (Å²) in [7, 11) is 0. The van der Waals surface area contributed by atoms with Gasteiger partial charge in [0.05, 0.1) is 11.8 Å². The summed E-state index contributed by atoms with van der Waals surface area (Å²) >= 11 is 0. The van der Waals surface area contributed by atoms with Gasteiger partial charge in [-0.25, -0.2) is 4.68 Å². The van der Waals surface area contributed by atoms with Gasteiger partial charge in [0.25, 0.3) is 0 Å². The molecule has 0 unspecified atom stereocenters. The molecule has 34 heavy (non-hydrogen) atoms. The van der Waals surface area contributed by atoms with Gasteiger partial charge in [-0.2, -0.15) is 0 Å². The van der Waals surface area contributed by atoms with Gasteiger partial charge in [-0.1, -0.05) is 39.8 Å². The van der Waals surface area contributed by atoms with Crippen molar-refractivity contribution in [2.75, 3.05) is 13.1 Å². The Kier molecular flexibility index (Phi) is 6.50. The number of rotatable bonds is 7. The zero-order valence-corrected chi connectivity index (χ0v) is 20.7. The molecule has 2 N–H and O–H groups in total. The van der Waals surface area contributed by atoms with Crippen molar-refractivity contribution in [3.05, 3.63) is 42.0 Å². The molecule has 2 amide bonds. The molecule has 2 aliphatic rings. The smallest absolute Gasteiger partial charge is 0.248 e. The number of aromatic nitrogens is 4. The monoisotopic (exact) mass is 468 g/mol. The molecule has 2 aromatic rings. The third-order valence-corrected chi connectivity index (χ3v) is 6.87. The van der Waals surface area contributed by atoms with Gasteiger partial charge >= 0.3 is 0 Å². The zero-order chi connectivity index (χ0) is 24.7. The molecule has 3 heterocycles. The topological polar surface area (TPSA) is 113 Å². The molecule has 4 rings (SSSR count). The summed E-state index contributed by atoms with van der Waals surface area (Å²) in [5, 5.41) is 22.0. The number of amides is 2. The first-order valence-corrected chi connectivity index (χ1v) is 12.1. The maximum Gasteiger partial charge on any atom is 0.248 e. The number of likely N-dealkylation sites (tertiary alicyclic amines) is 1. The summed E-state index contributed by atoms with van der Waals surface area (Å²) in [4.78, 5) is 32.6. The molecule has 1 saturated heterocycles. The van der Waals surface area contributed by atoms with E-state index >= 15 is 0 Å². The summed E-state index contributed by atoms with van der Waals surface area (Å²) in [5.74, 6) is -0.0397. The number of hydrogen-bond donors (Lipinski definition) is 2. The second-order valence-electron chi connectivity index (χ2n) is 11.4. The van der Waals surface area contributed by atoms with Crippen molar-refractivity contribution in [3.8, 4) is 0 Å². The minimum absolute atomic E-state index is 0.126. The average Bonchev–Trinajstić information content (AvgIpc) is 3.39. The van der Waals surface area contributed by atoms with Gasteiger partial charge in [0.15, 0.2) is 0 Å². The van der Waals surface area contributed by atoms with Crippen LogP contribution in [-0.4, -0.2) is 67.0 Å². The lowest BCUT2D eigenvalue weighted by molar-refractivity contribution is -0.144. The fourth-order valence-corrected chi connectivity index (χ4v) is 4.66. The van der Waals surface area contributed by atoms with Crippen LogP contribution in [0, 0.1) is 5.41 Å². The van der Waals surface area contributed by atoms with Crippen LogP contribution in [0.4, 0.5) is 0 Å². The van der Waals surface area contributed by atoms with Crippen LogP contribution in [0.25, 0.3) is 0 Å². The van der Waals surface area contributed by atoms with Gasteiger partial charge < -0.3 is 15.3 Å². The van der Waals surface area contributed by atoms with Crippen molar-refractivity contribution in [3.63, 3.8) is 0 Å². The lowest BCUT2D eigenvalue weighted by Gasteiger charge is -2.35. The maximum absolute atomic E-state index is 13.8. The second-order valence-corrected chi connectivity index (χ2v) is 11.4. The van der Waals surface area contributed by atoms with Crippen molar-refractivity contribution >= 4 is 11.8 Å². The molecular formula is C25H36N6O3. The van der Waals surface area contributed by atoms with E-state index in [2.05, 4.69) is 20.6 Å². The van der Waals surface area contributed by atoms with Crippen molar-refractivity contribution < 1.29 is 14.7 Å². The van der Waals surface area contributed by atoms with Crippen LogP contribution in [-0.2, 0) is 15.0 Å². The van der Waals surface area contributed by atoms with Gasteiger partial charge in [-0.15, -0.1) is 5.10 Å². The van der Waals surface area contributed by atoms with Gasteiger partial charge in [0, 0.05) is 49.4 Å². The number of aliphatic hydroxyl groups excluding tert-OH is 1. The summed E-state index contributed by atoms with van der Waals surface area (Å²) in [6, 6.07) is 2.51. The highest BCUT2D eigenvalue weighted by atomic mass is 16.3. The third-order valence-electron chi connectivity index (χ3n) is 6.87. The van der Waals surface area contributed by atoms with E-state index in [-0.39, 0.29) is 30.2 Å². The highest BCUT2D eigenvalue weighted by Crippen LogP contribution is 2.40. The number of carbonyl (C=O) groups is 2. The number of hydrogen-bond acceptors (Lipinski definition) is 6. The first kappa shape index (κ1) is 24.3. The number of pyridine rings is 1. The Labute approximate surface area is 200 Å². The standard InChI is InChI=1S/C25H36N6O3/c1-24(2,3)21(31-14-19(28-29-31)16-6-7-16)23(34)30-13-18(32)12-20(30)22(33)27-15-25(4,5)17-8-10-26-11-9-17/h8-11,14,16,18,20-21,32H,6-7,12-13,15H2,1-5H3,(H,27,33)/t18-,20+,21-/m1/s1. The third kappa shape index (κ3) is 5.14. The lowest BCUT2D eigenvalue weighted by atomic mass is 9.85. The van der Waals surface area contributed by atoms with E-state index in [1.54, 1.807) is 17.1 Å². The molecule has 0 radical (unpaired) electrons. The molecule has 1 saturated carbocycles. The minimum atomic E-state index is -0.744. The molecule has 0 bridgehead atoms. The Morgan fingerprint density at radius 2 is 1.85 bits per heavy atom. The summed E-state index contributed by atoms with van der Waals surface area (Å²) in [6.45, 7) is 10.6. The van der Waals surface area contributed by atoms with Crippen molar-refractivity contribution in [2.24, 2.45) is 5.41 Å². The Morgan fingerprint density at radius 1 is 1.18 bits per heavy atom. The van der Waals surface area contributed by atoms with E-state index in [9.17, 15) is 14.7 Å². The fraction of sp³-hybridized carbons (Fsp3) is 0.640. The van der Waals surface area contributed by atoms with Gasteiger partial charge in [-0.3, -0.25) is 14.6 Å². The molecule has 2 aromatic heterocycles. The van der Waals surface area contributed by atoms with Crippen molar-refractivity contribution in [1.82, 2.24) is 30.2 Å². The van der Waals surface area contributed by atoms with Gasteiger partial charge in [-0.05, 0) is 36.0 Å². The number of aliphatic hydroxyl groups is 1. The fourth-order valence-electron chi connectivity index (χ4n) is 4.66. The van der Waals surface area contributed by atoms with Crippen molar-refractivity contribution in [2.45, 2.75) is 83.4 Å². The Bertz CT molecular complexity index is 1020. The molecular weight excluding hydrogens is 432 g/mol. The molecule has 0 aromatic carbocycles. The van der Waals surface area contributed by atoms with Crippen LogP contribution >= 0.6 is 0 Å². The molecule has 9 nitrogen and oxygen atoms in total. The predicted octanol–water partition coefficient (Wildman–Crippen LogP) is 2.19. The molecule has 1 aliphatic heterocycles. The zero-order valence-electron chi connectivity index (χ0n) is 20.7. The SMILES string of the molecule is CC(C)(CNC(=O)[C@@H]1C[C@@H](O)CN1C(=O)[C@@H](n1cc(C2CC2)nn1)C(C)(C)C)c1ccncc1. The Morgan fingerprint density at radius 3 is 2.47 bits per heavy atom. The van der Waals surface area contributed by atoms with Crippen LogP contribution in [0.3, 0.4) is 0 Å². The maximum atomic E-state index is 13.8. The second kappa shape index (κ2) is 9.09. The molecule has 184 valence electrons. The van der Waals surface area contributed by atoms with E-state index in [1.807, 2.05) is 52.9 Å². The predicted molar refractivity (Wildman–Crippen MR) is 127 cm³/mol. The Hall–Kier alpha value is -2.81. The lowest BCUT2D eigenvalue weighted by Crippen LogP contribution is -2.51.